The molecule has 0 saturated carbocycles. The molecule has 154 valence electrons. The second-order valence-corrected chi connectivity index (χ2v) is 7.65. The van der Waals surface area contributed by atoms with E-state index >= 15 is 0 Å². The summed E-state index contributed by atoms with van der Waals surface area (Å²) in [6.45, 7) is 6.53. The average molecular weight is 396 g/mol. The average Bonchev–Trinajstić information content (AvgIpc) is 3.06. The molecule has 1 amide bonds. The van der Waals surface area contributed by atoms with Crippen LogP contribution in [0.5, 0.6) is 11.5 Å². The Kier molecular flexibility index (Phi) is 5.83. The standard InChI is InChI=1S/C22H28N4O3/c1-15-13-16(2)25-22(24-15)23-9-8-21(27)26-10-3-5-18(26)17-6-7-19-20(14-17)29-12-4-11-28-19/h6-7,13-14,18H,3-5,8-12H2,1-2H3,(H,23,24,25)/t18-/m0/s1. The summed E-state index contributed by atoms with van der Waals surface area (Å²) in [5.74, 6) is 2.31. The molecular weight excluding hydrogens is 368 g/mol. The van der Waals surface area contributed by atoms with E-state index in [4.69, 9.17) is 9.47 Å². The third kappa shape index (κ3) is 4.60. The highest BCUT2D eigenvalue weighted by Crippen LogP contribution is 2.38. The van der Waals surface area contributed by atoms with Crippen molar-refractivity contribution in [2.75, 3.05) is 31.6 Å². The van der Waals surface area contributed by atoms with Crippen LogP contribution in [0.15, 0.2) is 24.3 Å². The van der Waals surface area contributed by atoms with Crippen molar-refractivity contribution in [1.82, 2.24) is 14.9 Å². The van der Waals surface area contributed by atoms with Gasteiger partial charge in [0.05, 0.1) is 19.3 Å². The zero-order valence-electron chi connectivity index (χ0n) is 17.1. The number of fused-ring (bicyclic) bond motifs is 1. The summed E-state index contributed by atoms with van der Waals surface area (Å²) < 4.78 is 11.6. The highest BCUT2D eigenvalue weighted by molar-refractivity contribution is 5.77. The van der Waals surface area contributed by atoms with E-state index in [0.29, 0.717) is 32.1 Å². The molecular formula is C22H28N4O3. The number of benzene rings is 1. The van der Waals surface area contributed by atoms with Crippen molar-refractivity contribution in [3.8, 4) is 11.5 Å². The maximum Gasteiger partial charge on any atom is 0.224 e. The van der Waals surface area contributed by atoms with Crippen LogP contribution in [0.3, 0.4) is 0 Å². The molecule has 0 unspecified atom stereocenters. The molecule has 2 aliphatic heterocycles. The summed E-state index contributed by atoms with van der Waals surface area (Å²) in [7, 11) is 0. The monoisotopic (exact) mass is 396 g/mol. The predicted octanol–water partition coefficient (Wildman–Crippen LogP) is 3.42. The molecule has 1 atom stereocenters. The van der Waals surface area contributed by atoms with Gasteiger partial charge >= 0.3 is 0 Å². The number of carbonyl (C=O) groups excluding carboxylic acids is 1. The van der Waals surface area contributed by atoms with Crippen molar-refractivity contribution < 1.29 is 14.3 Å². The minimum atomic E-state index is 0.0946. The van der Waals surface area contributed by atoms with E-state index in [2.05, 4.69) is 21.4 Å². The number of anilines is 1. The normalized spacial score (nSPS) is 18.4. The number of aromatic nitrogens is 2. The molecule has 0 spiro atoms. The number of hydrogen-bond donors (Lipinski definition) is 1. The third-order valence-corrected chi connectivity index (χ3v) is 5.33. The van der Waals surface area contributed by atoms with Gasteiger partial charge in [0.2, 0.25) is 11.9 Å². The van der Waals surface area contributed by atoms with Crippen molar-refractivity contribution in [1.29, 1.82) is 0 Å². The van der Waals surface area contributed by atoms with Crippen molar-refractivity contribution in [3.05, 3.63) is 41.2 Å². The zero-order valence-corrected chi connectivity index (χ0v) is 17.1. The van der Waals surface area contributed by atoms with E-state index in [1.807, 2.05) is 36.9 Å². The maximum absolute atomic E-state index is 12.9. The fourth-order valence-electron chi connectivity index (χ4n) is 4.03. The molecule has 1 aromatic heterocycles. The fraction of sp³-hybridized carbons (Fsp3) is 0.500. The van der Waals surface area contributed by atoms with Crippen LogP contribution < -0.4 is 14.8 Å². The van der Waals surface area contributed by atoms with Crippen molar-refractivity contribution in [2.45, 2.75) is 45.6 Å². The smallest absolute Gasteiger partial charge is 0.224 e. The van der Waals surface area contributed by atoms with Gasteiger partial charge in [-0.2, -0.15) is 0 Å². The predicted molar refractivity (Wildman–Crippen MR) is 110 cm³/mol. The lowest BCUT2D eigenvalue weighted by atomic mass is 10.0. The molecule has 0 bridgehead atoms. The van der Waals surface area contributed by atoms with Crippen molar-refractivity contribution in [3.63, 3.8) is 0 Å². The Bertz CT molecular complexity index is 866. The second-order valence-electron chi connectivity index (χ2n) is 7.65. The minimum Gasteiger partial charge on any atom is -0.490 e. The van der Waals surface area contributed by atoms with Crippen LogP contribution in [0.2, 0.25) is 0 Å². The van der Waals surface area contributed by atoms with Gasteiger partial charge in [0.25, 0.3) is 0 Å². The number of nitrogens with zero attached hydrogens (tertiary/aromatic N) is 3. The first-order chi connectivity index (χ1) is 14.1. The number of likely N-dealkylation sites (tertiary alicyclic amines) is 1. The van der Waals surface area contributed by atoms with Gasteiger partial charge in [-0.05, 0) is 50.5 Å². The van der Waals surface area contributed by atoms with Gasteiger partial charge in [-0.15, -0.1) is 0 Å². The summed E-state index contributed by atoms with van der Waals surface area (Å²) in [5.41, 5.74) is 2.95. The van der Waals surface area contributed by atoms with Gasteiger partial charge in [0.1, 0.15) is 0 Å². The van der Waals surface area contributed by atoms with E-state index in [1.165, 1.54) is 0 Å². The first kappa shape index (κ1) is 19.5. The van der Waals surface area contributed by atoms with Crippen LogP contribution in [0.4, 0.5) is 5.95 Å². The van der Waals surface area contributed by atoms with Crippen LogP contribution in [0.25, 0.3) is 0 Å². The third-order valence-electron chi connectivity index (χ3n) is 5.33. The molecule has 1 N–H and O–H groups in total. The molecule has 4 rings (SSSR count). The molecule has 29 heavy (non-hydrogen) atoms. The molecule has 0 aliphatic carbocycles. The number of ether oxygens (including phenoxy) is 2. The lowest BCUT2D eigenvalue weighted by molar-refractivity contribution is -0.131. The van der Waals surface area contributed by atoms with E-state index < -0.39 is 0 Å². The Labute approximate surface area is 171 Å². The lowest BCUT2D eigenvalue weighted by Gasteiger charge is -2.26. The van der Waals surface area contributed by atoms with Crippen LogP contribution in [0.1, 0.15) is 48.7 Å². The summed E-state index contributed by atoms with van der Waals surface area (Å²) in [6, 6.07) is 8.09. The topological polar surface area (TPSA) is 76.6 Å². The molecule has 1 saturated heterocycles. The van der Waals surface area contributed by atoms with Gasteiger partial charge in [-0.1, -0.05) is 6.07 Å². The molecule has 3 heterocycles. The van der Waals surface area contributed by atoms with E-state index in [-0.39, 0.29) is 11.9 Å². The minimum absolute atomic E-state index is 0.0946. The summed E-state index contributed by atoms with van der Waals surface area (Å²) >= 11 is 0. The highest BCUT2D eigenvalue weighted by atomic mass is 16.5. The zero-order chi connectivity index (χ0) is 20.2. The Hall–Kier alpha value is -2.83. The van der Waals surface area contributed by atoms with E-state index in [9.17, 15) is 4.79 Å². The fourth-order valence-corrected chi connectivity index (χ4v) is 4.03. The number of nitrogens with one attached hydrogen (secondary N) is 1. The number of hydrogen-bond acceptors (Lipinski definition) is 6. The number of rotatable bonds is 5. The first-order valence-corrected chi connectivity index (χ1v) is 10.4. The van der Waals surface area contributed by atoms with Crippen LogP contribution in [-0.2, 0) is 4.79 Å². The van der Waals surface area contributed by atoms with E-state index in [1.54, 1.807) is 0 Å². The van der Waals surface area contributed by atoms with Gasteiger partial charge in [-0.25, -0.2) is 9.97 Å². The molecule has 2 aromatic rings. The van der Waals surface area contributed by atoms with Crippen LogP contribution in [-0.4, -0.2) is 47.1 Å². The van der Waals surface area contributed by atoms with Crippen molar-refractivity contribution in [2.24, 2.45) is 0 Å². The van der Waals surface area contributed by atoms with Crippen molar-refractivity contribution >= 4 is 11.9 Å². The molecule has 0 radical (unpaired) electrons. The Morgan fingerprint density at radius 2 is 1.86 bits per heavy atom. The molecule has 7 nitrogen and oxygen atoms in total. The molecule has 7 heteroatoms. The number of aryl methyl sites for hydroxylation is 2. The van der Waals surface area contributed by atoms with E-state index in [0.717, 1.165) is 54.3 Å². The maximum atomic E-state index is 12.9. The van der Waals surface area contributed by atoms with Gasteiger partial charge in [-0.3, -0.25) is 4.79 Å². The van der Waals surface area contributed by atoms with Crippen LogP contribution >= 0.6 is 0 Å². The number of carbonyl (C=O) groups is 1. The summed E-state index contributed by atoms with van der Waals surface area (Å²) in [6.07, 6.45) is 3.28. The lowest BCUT2D eigenvalue weighted by Crippen LogP contribution is -2.31. The first-order valence-electron chi connectivity index (χ1n) is 10.4. The van der Waals surface area contributed by atoms with Gasteiger partial charge < -0.3 is 19.7 Å². The van der Waals surface area contributed by atoms with Gasteiger partial charge in [0.15, 0.2) is 11.5 Å². The molecule has 1 aromatic carbocycles. The highest BCUT2D eigenvalue weighted by Gasteiger charge is 2.30. The molecule has 2 aliphatic rings. The Morgan fingerprint density at radius 1 is 1.10 bits per heavy atom. The summed E-state index contributed by atoms with van der Waals surface area (Å²) in [4.78, 5) is 23.6. The quantitative estimate of drug-likeness (QED) is 0.835. The second kappa shape index (κ2) is 8.68. The molecule has 1 fully saturated rings. The number of amides is 1. The summed E-state index contributed by atoms with van der Waals surface area (Å²) in [5, 5.41) is 3.18. The Morgan fingerprint density at radius 3 is 2.66 bits per heavy atom. The SMILES string of the molecule is Cc1cc(C)nc(NCCC(=O)N2CCC[C@H]2c2ccc3c(c2)OCCCO3)n1. The van der Waals surface area contributed by atoms with Gasteiger partial charge in [0, 0.05) is 37.3 Å². The van der Waals surface area contributed by atoms with Crippen LogP contribution in [0, 0.1) is 13.8 Å². The Balaban J connectivity index is 1.39. The largest absolute Gasteiger partial charge is 0.490 e.